The quantitative estimate of drug-likeness (QED) is 0.245. The monoisotopic (exact) mass is 483 g/mol. The first-order chi connectivity index (χ1) is 17.4. The SMILES string of the molecule is CC(c1cccc(CN=C/C(=N\N)c2cc(-c3cccc(C#N)c3)nc(N)n2)n1)N1CC(C(=O)O)C1. The number of carbonyl (C=O) groups is 1. The average Bonchev–Trinajstić information content (AvgIpc) is 2.85. The van der Waals surface area contributed by atoms with E-state index in [4.69, 9.17) is 21.9 Å². The van der Waals surface area contributed by atoms with Crippen LogP contribution in [-0.2, 0) is 11.3 Å². The molecule has 1 saturated heterocycles. The molecule has 0 aliphatic carbocycles. The Balaban J connectivity index is 1.47. The van der Waals surface area contributed by atoms with Crippen LogP contribution in [0.5, 0.6) is 0 Å². The molecule has 182 valence electrons. The summed E-state index contributed by atoms with van der Waals surface area (Å²) < 4.78 is 0. The van der Waals surface area contributed by atoms with Crippen LogP contribution in [0.25, 0.3) is 11.3 Å². The lowest BCUT2D eigenvalue weighted by Crippen LogP contribution is -2.51. The highest BCUT2D eigenvalue weighted by molar-refractivity contribution is 6.37. The van der Waals surface area contributed by atoms with Gasteiger partial charge in [0.05, 0.1) is 53.1 Å². The second kappa shape index (κ2) is 10.7. The number of hydrogen-bond donors (Lipinski definition) is 3. The molecule has 1 aliphatic heterocycles. The number of anilines is 1. The van der Waals surface area contributed by atoms with Crippen LogP contribution in [0.3, 0.4) is 0 Å². The number of rotatable bonds is 8. The lowest BCUT2D eigenvalue weighted by molar-refractivity contribution is -0.148. The molecular formula is C25H25N9O2. The Morgan fingerprint density at radius 1 is 1.25 bits per heavy atom. The number of hydrogen-bond acceptors (Lipinski definition) is 10. The standard InChI is InChI=1S/C25H25N9O2/c1-15(34-13-18(14-34)24(35)36)20-7-3-6-19(30-20)11-29-12-23(33-28)22-9-21(31-25(27)32-22)17-5-2-4-16(8-17)10-26/h2-9,12,15,18H,11,13-14,28H2,1H3,(H,35,36)(H2,27,31,32)/b29-12?,33-23+. The summed E-state index contributed by atoms with van der Waals surface area (Å²) in [5.74, 6) is 4.57. The number of hydrazone groups is 1. The number of carboxylic acid groups (broad SMARTS) is 1. The summed E-state index contributed by atoms with van der Waals surface area (Å²) in [4.78, 5) is 30.7. The molecular weight excluding hydrogens is 458 g/mol. The zero-order valence-corrected chi connectivity index (χ0v) is 19.6. The third-order valence-electron chi connectivity index (χ3n) is 5.96. The fraction of sp³-hybridized carbons (Fsp3) is 0.240. The maximum Gasteiger partial charge on any atom is 0.309 e. The van der Waals surface area contributed by atoms with Gasteiger partial charge in [0.1, 0.15) is 5.71 Å². The van der Waals surface area contributed by atoms with Crippen LogP contribution in [0.15, 0.2) is 58.6 Å². The molecule has 1 aromatic carbocycles. The Morgan fingerprint density at radius 2 is 2.03 bits per heavy atom. The number of benzene rings is 1. The van der Waals surface area contributed by atoms with Gasteiger partial charge >= 0.3 is 5.97 Å². The molecule has 1 unspecified atom stereocenters. The number of pyridine rings is 1. The summed E-state index contributed by atoms with van der Waals surface area (Å²) in [5.41, 5.74) is 9.97. The number of likely N-dealkylation sites (tertiary alicyclic amines) is 1. The molecule has 0 amide bonds. The van der Waals surface area contributed by atoms with Crippen molar-refractivity contribution < 1.29 is 9.90 Å². The van der Waals surface area contributed by atoms with Gasteiger partial charge in [0, 0.05) is 24.7 Å². The van der Waals surface area contributed by atoms with Crippen LogP contribution in [0.2, 0.25) is 0 Å². The second-order valence-corrected chi connectivity index (χ2v) is 8.39. The number of aliphatic imine (C=N–C) groups is 1. The third-order valence-corrected chi connectivity index (χ3v) is 5.96. The van der Waals surface area contributed by atoms with Gasteiger partial charge in [0.25, 0.3) is 0 Å². The lowest BCUT2D eigenvalue weighted by atomic mass is 9.97. The number of carboxylic acids is 1. The van der Waals surface area contributed by atoms with Gasteiger partial charge in [-0.3, -0.25) is 19.7 Å². The molecule has 1 atom stereocenters. The van der Waals surface area contributed by atoms with E-state index in [9.17, 15) is 4.79 Å². The number of nitrogens with zero attached hydrogens (tertiary/aromatic N) is 7. The molecule has 4 rings (SSSR count). The lowest BCUT2D eigenvalue weighted by Gasteiger charge is -2.40. The fourth-order valence-electron chi connectivity index (χ4n) is 3.88. The minimum atomic E-state index is -0.764. The Bertz CT molecular complexity index is 1370. The van der Waals surface area contributed by atoms with Crippen LogP contribution in [0.1, 0.15) is 35.6 Å². The highest BCUT2D eigenvalue weighted by Gasteiger charge is 2.35. The molecule has 3 heterocycles. The van der Waals surface area contributed by atoms with Crippen molar-refractivity contribution in [3.63, 3.8) is 0 Å². The second-order valence-electron chi connectivity index (χ2n) is 8.39. The van der Waals surface area contributed by atoms with E-state index in [0.717, 1.165) is 11.4 Å². The van der Waals surface area contributed by atoms with Crippen molar-refractivity contribution in [3.05, 3.63) is 71.2 Å². The van der Waals surface area contributed by atoms with Crippen molar-refractivity contribution >= 4 is 23.8 Å². The molecule has 5 N–H and O–H groups in total. The first kappa shape index (κ1) is 24.4. The molecule has 0 radical (unpaired) electrons. The van der Waals surface area contributed by atoms with Crippen LogP contribution >= 0.6 is 0 Å². The molecule has 36 heavy (non-hydrogen) atoms. The third kappa shape index (κ3) is 5.51. The average molecular weight is 484 g/mol. The van der Waals surface area contributed by atoms with Gasteiger partial charge in [0.15, 0.2) is 0 Å². The Labute approximate surface area is 207 Å². The predicted octanol–water partition coefficient (Wildman–Crippen LogP) is 2.00. The maximum absolute atomic E-state index is 11.1. The summed E-state index contributed by atoms with van der Waals surface area (Å²) in [7, 11) is 0. The van der Waals surface area contributed by atoms with Gasteiger partial charge < -0.3 is 16.7 Å². The molecule has 11 nitrogen and oxygen atoms in total. The van der Waals surface area contributed by atoms with Crippen LogP contribution < -0.4 is 11.6 Å². The van der Waals surface area contributed by atoms with Gasteiger partial charge in [-0.25, -0.2) is 9.97 Å². The van der Waals surface area contributed by atoms with E-state index >= 15 is 0 Å². The summed E-state index contributed by atoms with van der Waals surface area (Å²) in [6.07, 6.45) is 1.50. The van der Waals surface area contributed by atoms with Crippen LogP contribution in [-0.4, -0.2) is 55.9 Å². The van der Waals surface area contributed by atoms with E-state index in [-0.39, 0.29) is 24.5 Å². The largest absolute Gasteiger partial charge is 0.481 e. The molecule has 11 heteroatoms. The maximum atomic E-state index is 11.1. The summed E-state index contributed by atoms with van der Waals surface area (Å²) >= 11 is 0. The minimum absolute atomic E-state index is 0.00708. The van der Waals surface area contributed by atoms with Gasteiger partial charge in [-0.1, -0.05) is 18.2 Å². The van der Waals surface area contributed by atoms with Crippen LogP contribution in [0.4, 0.5) is 5.95 Å². The predicted molar refractivity (Wildman–Crippen MR) is 135 cm³/mol. The number of aliphatic carboxylic acids is 1. The molecule has 0 spiro atoms. The Morgan fingerprint density at radius 3 is 2.75 bits per heavy atom. The minimum Gasteiger partial charge on any atom is -0.481 e. The van der Waals surface area contributed by atoms with E-state index in [1.165, 1.54) is 6.21 Å². The number of nitrogens with two attached hydrogens (primary N) is 2. The summed E-state index contributed by atoms with van der Waals surface area (Å²) in [6, 6.07) is 16.5. The number of aromatic nitrogens is 3. The van der Waals surface area contributed by atoms with E-state index < -0.39 is 5.97 Å². The zero-order valence-electron chi connectivity index (χ0n) is 19.6. The summed E-state index contributed by atoms with van der Waals surface area (Å²) in [5, 5.41) is 22.1. The van der Waals surface area contributed by atoms with Crippen molar-refractivity contribution in [3.8, 4) is 17.3 Å². The fourth-order valence-corrected chi connectivity index (χ4v) is 3.88. The zero-order chi connectivity index (χ0) is 25.7. The molecule has 0 bridgehead atoms. The normalized spacial score (nSPS) is 15.4. The highest BCUT2D eigenvalue weighted by Crippen LogP contribution is 2.27. The first-order valence-corrected chi connectivity index (χ1v) is 11.2. The van der Waals surface area contributed by atoms with E-state index in [1.807, 2.05) is 31.2 Å². The van der Waals surface area contributed by atoms with Crippen molar-refractivity contribution in [2.24, 2.45) is 21.9 Å². The van der Waals surface area contributed by atoms with Gasteiger partial charge in [0.2, 0.25) is 5.95 Å². The molecule has 1 fully saturated rings. The van der Waals surface area contributed by atoms with E-state index in [2.05, 4.69) is 36.0 Å². The van der Waals surface area contributed by atoms with Gasteiger partial charge in [-0.2, -0.15) is 10.4 Å². The topological polar surface area (TPSA) is 180 Å². The molecule has 2 aromatic heterocycles. The first-order valence-electron chi connectivity index (χ1n) is 11.2. The van der Waals surface area contributed by atoms with Crippen molar-refractivity contribution in [1.29, 1.82) is 5.26 Å². The van der Waals surface area contributed by atoms with Crippen molar-refractivity contribution in [1.82, 2.24) is 19.9 Å². The van der Waals surface area contributed by atoms with Crippen molar-refractivity contribution in [2.45, 2.75) is 19.5 Å². The Hall–Kier alpha value is -4.69. The van der Waals surface area contributed by atoms with Crippen molar-refractivity contribution in [2.75, 3.05) is 18.8 Å². The Kier molecular flexibility index (Phi) is 7.27. The van der Waals surface area contributed by atoms with E-state index in [0.29, 0.717) is 41.3 Å². The number of nitriles is 1. The van der Waals surface area contributed by atoms with Crippen LogP contribution in [0, 0.1) is 17.2 Å². The summed E-state index contributed by atoms with van der Waals surface area (Å²) in [6.45, 7) is 3.33. The molecule has 3 aromatic rings. The highest BCUT2D eigenvalue weighted by atomic mass is 16.4. The van der Waals surface area contributed by atoms with Gasteiger partial charge in [-0.15, -0.1) is 0 Å². The smallest absolute Gasteiger partial charge is 0.309 e. The van der Waals surface area contributed by atoms with Gasteiger partial charge in [-0.05, 0) is 37.3 Å². The molecule has 0 saturated carbocycles. The van der Waals surface area contributed by atoms with E-state index in [1.54, 1.807) is 24.3 Å². The number of nitrogen functional groups attached to an aromatic ring is 1. The molecule has 1 aliphatic rings.